The van der Waals surface area contributed by atoms with E-state index in [0.717, 1.165) is 31.4 Å². The van der Waals surface area contributed by atoms with Crippen LogP contribution in [0.25, 0.3) is 5.69 Å². The number of hydrogen-bond acceptors (Lipinski definition) is 3. The Morgan fingerprint density at radius 1 is 0.893 bits per heavy atom. The van der Waals surface area contributed by atoms with Crippen molar-refractivity contribution in [1.82, 2.24) is 14.5 Å². The van der Waals surface area contributed by atoms with Gasteiger partial charge >= 0.3 is 0 Å². The quantitative estimate of drug-likeness (QED) is 0.769. The molecule has 0 amide bonds. The number of nitrogens with zero attached hydrogens (tertiary/aromatic N) is 2. The van der Waals surface area contributed by atoms with Gasteiger partial charge in [0.1, 0.15) is 4.90 Å². The van der Waals surface area contributed by atoms with E-state index < -0.39 is 10.0 Å². The number of aromatic nitrogens is 2. The number of benzene rings is 1. The topological polar surface area (TPSA) is 64.0 Å². The monoisotopic (exact) mass is 403 g/mol. The molecule has 6 heteroatoms. The standard InChI is InChI=1S/C22H33N3O2S/c1-19-22(18-25(23-19)21-16-12-9-13-17-21)28(26,27)24-20-14-10-7-5-3-2-4-6-8-11-15-20/h9,12-13,16-18,20,24H,2-8,10-11,14-15H2,1H3. The Labute approximate surface area is 169 Å². The predicted octanol–water partition coefficient (Wildman–Crippen LogP) is 5.13. The first kappa shape index (κ1) is 21.1. The van der Waals surface area contributed by atoms with Gasteiger partial charge < -0.3 is 0 Å². The normalized spacial score (nSPS) is 18.3. The second-order valence-electron chi connectivity index (χ2n) is 7.94. The Balaban J connectivity index is 1.71. The molecule has 0 radical (unpaired) electrons. The third kappa shape index (κ3) is 5.92. The summed E-state index contributed by atoms with van der Waals surface area (Å²) in [6.07, 6.45) is 14.6. The van der Waals surface area contributed by atoms with E-state index in [2.05, 4.69) is 9.82 Å². The molecule has 0 unspecified atom stereocenters. The molecule has 0 aliphatic heterocycles. The second kappa shape index (κ2) is 10.2. The molecule has 0 saturated heterocycles. The van der Waals surface area contributed by atoms with Gasteiger partial charge in [0.05, 0.1) is 17.6 Å². The summed E-state index contributed by atoms with van der Waals surface area (Å²) in [5.74, 6) is 0. The van der Waals surface area contributed by atoms with Crippen LogP contribution >= 0.6 is 0 Å². The number of rotatable bonds is 4. The van der Waals surface area contributed by atoms with Crippen molar-refractivity contribution < 1.29 is 8.42 Å². The number of aryl methyl sites for hydroxylation is 1. The molecule has 1 fully saturated rings. The minimum absolute atomic E-state index is 0.0175. The van der Waals surface area contributed by atoms with Crippen molar-refractivity contribution in [3.8, 4) is 5.69 Å². The smallest absolute Gasteiger partial charge is 0.239 e. The van der Waals surface area contributed by atoms with E-state index in [9.17, 15) is 8.42 Å². The average molecular weight is 404 g/mol. The third-order valence-corrected chi connectivity index (χ3v) is 7.21. The minimum atomic E-state index is -3.58. The Bertz CT molecular complexity index is 819. The van der Waals surface area contributed by atoms with Crippen LogP contribution in [0.5, 0.6) is 0 Å². The van der Waals surface area contributed by atoms with E-state index in [1.165, 1.54) is 44.9 Å². The predicted molar refractivity (Wildman–Crippen MR) is 113 cm³/mol. The van der Waals surface area contributed by atoms with Crippen molar-refractivity contribution in [2.24, 2.45) is 0 Å². The zero-order chi connectivity index (χ0) is 19.8. The molecule has 2 aromatic rings. The maximum Gasteiger partial charge on any atom is 0.244 e. The highest BCUT2D eigenvalue weighted by Crippen LogP contribution is 2.21. The Morgan fingerprint density at radius 3 is 2.00 bits per heavy atom. The van der Waals surface area contributed by atoms with Gasteiger partial charge in [-0.3, -0.25) is 0 Å². The van der Waals surface area contributed by atoms with Crippen LogP contribution in [0.1, 0.15) is 76.3 Å². The van der Waals surface area contributed by atoms with Crippen LogP contribution in [0.2, 0.25) is 0 Å². The van der Waals surface area contributed by atoms with Gasteiger partial charge in [0.2, 0.25) is 10.0 Å². The number of hydrogen-bond donors (Lipinski definition) is 1. The zero-order valence-electron chi connectivity index (χ0n) is 16.9. The Hall–Kier alpha value is -1.66. The van der Waals surface area contributed by atoms with Crippen molar-refractivity contribution in [2.75, 3.05) is 0 Å². The van der Waals surface area contributed by atoms with Gasteiger partial charge in [0, 0.05) is 6.04 Å². The van der Waals surface area contributed by atoms with Gasteiger partial charge in [-0.25, -0.2) is 17.8 Å². The van der Waals surface area contributed by atoms with E-state index in [1.54, 1.807) is 17.8 Å². The lowest BCUT2D eigenvalue weighted by Crippen LogP contribution is -2.35. The number of para-hydroxylation sites is 1. The first-order chi connectivity index (χ1) is 13.6. The fraction of sp³-hybridized carbons (Fsp3) is 0.591. The number of nitrogens with one attached hydrogen (secondary N) is 1. The van der Waals surface area contributed by atoms with Crippen LogP contribution in [0.4, 0.5) is 0 Å². The maximum atomic E-state index is 13.1. The molecule has 1 N–H and O–H groups in total. The summed E-state index contributed by atoms with van der Waals surface area (Å²) in [6, 6.07) is 9.63. The molecule has 1 aliphatic rings. The summed E-state index contributed by atoms with van der Waals surface area (Å²) in [4.78, 5) is 0.280. The SMILES string of the molecule is Cc1nn(-c2ccccc2)cc1S(=O)(=O)NC1CCCCCCCCCCC1. The maximum absolute atomic E-state index is 13.1. The van der Waals surface area contributed by atoms with Crippen LogP contribution in [0, 0.1) is 6.92 Å². The first-order valence-corrected chi connectivity index (χ1v) is 12.2. The van der Waals surface area contributed by atoms with Crippen LogP contribution < -0.4 is 4.72 Å². The minimum Gasteiger partial charge on any atom is -0.239 e. The van der Waals surface area contributed by atoms with E-state index in [4.69, 9.17) is 0 Å². The second-order valence-corrected chi connectivity index (χ2v) is 9.62. The Kier molecular flexibility index (Phi) is 7.68. The van der Waals surface area contributed by atoms with Crippen molar-refractivity contribution in [1.29, 1.82) is 0 Å². The largest absolute Gasteiger partial charge is 0.244 e. The van der Waals surface area contributed by atoms with Crippen molar-refractivity contribution in [3.05, 3.63) is 42.2 Å². The fourth-order valence-corrected chi connectivity index (χ4v) is 5.45. The van der Waals surface area contributed by atoms with E-state index in [1.807, 2.05) is 30.3 Å². The number of sulfonamides is 1. The van der Waals surface area contributed by atoms with E-state index in [0.29, 0.717) is 5.69 Å². The molecule has 0 spiro atoms. The van der Waals surface area contributed by atoms with Gasteiger partial charge in [-0.1, -0.05) is 76.0 Å². The molecule has 1 aromatic carbocycles. The van der Waals surface area contributed by atoms with E-state index in [-0.39, 0.29) is 10.9 Å². The molecule has 28 heavy (non-hydrogen) atoms. The molecule has 0 bridgehead atoms. The molecule has 154 valence electrons. The molecule has 3 rings (SSSR count). The highest BCUT2D eigenvalue weighted by atomic mass is 32.2. The molecule has 1 heterocycles. The molecular weight excluding hydrogens is 370 g/mol. The van der Waals surface area contributed by atoms with Crippen LogP contribution in [-0.4, -0.2) is 24.2 Å². The summed E-state index contributed by atoms with van der Waals surface area (Å²) in [7, 11) is -3.58. The summed E-state index contributed by atoms with van der Waals surface area (Å²) in [5, 5.41) is 4.42. The fourth-order valence-electron chi connectivity index (χ4n) is 3.99. The molecule has 1 aromatic heterocycles. The Morgan fingerprint density at radius 2 is 1.43 bits per heavy atom. The molecule has 1 aliphatic carbocycles. The molecule has 1 saturated carbocycles. The van der Waals surface area contributed by atoms with Gasteiger partial charge in [-0.2, -0.15) is 5.10 Å². The van der Waals surface area contributed by atoms with Crippen molar-refractivity contribution in [3.63, 3.8) is 0 Å². The highest BCUT2D eigenvalue weighted by Gasteiger charge is 2.24. The van der Waals surface area contributed by atoms with Gasteiger partial charge in [0.25, 0.3) is 0 Å². The lowest BCUT2D eigenvalue weighted by molar-refractivity contribution is 0.440. The van der Waals surface area contributed by atoms with E-state index >= 15 is 0 Å². The summed E-state index contributed by atoms with van der Waals surface area (Å²) >= 11 is 0. The molecular formula is C22H33N3O2S. The lowest BCUT2D eigenvalue weighted by atomic mass is 9.98. The van der Waals surface area contributed by atoms with Crippen molar-refractivity contribution in [2.45, 2.75) is 88.5 Å². The summed E-state index contributed by atoms with van der Waals surface area (Å²) < 4.78 is 30.8. The highest BCUT2D eigenvalue weighted by molar-refractivity contribution is 7.89. The van der Waals surface area contributed by atoms with Crippen LogP contribution in [0.15, 0.2) is 41.4 Å². The first-order valence-electron chi connectivity index (χ1n) is 10.7. The van der Waals surface area contributed by atoms with Gasteiger partial charge in [-0.05, 0) is 31.9 Å². The lowest BCUT2D eigenvalue weighted by Gasteiger charge is -2.19. The van der Waals surface area contributed by atoms with Crippen molar-refractivity contribution >= 4 is 10.0 Å². The molecule has 0 atom stereocenters. The third-order valence-electron chi connectivity index (χ3n) is 5.59. The van der Waals surface area contributed by atoms with Gasteiger partial charge in [-0.15, -0.1) is 0 Å². The molecule has 5 nitrogen and oxygen atoms in total. The van der Waals surface area contributed by atoms with Gasteiger partial charge in [0.15, 0.2) is 0 Å². The zero-order valence-corrected chi connectivity index (χ0v) is 17.8. The average Bonchev–Trinajstić information content (AvgIpc) is 3.07. The summed E-state index contributed by atoms with van der Waals surface area (Å²) in [6.45, 7) is 1.76. The van der Waals surface area contributed by atoms with Crippen LogP contribution in [0.3, 0.4) is 0 Å². The van der Waals surface area contributed by atoms with Crippen LogP contribution in [-0.2, 0) is 10.0 Å². The summed E-state index contributed by atoms with van der Waals surface area (Å²) in [5.41, 5.74) is 1.39.